The number of imidazole rings is 1. The van der Waals surface area contributed by atoms with Gasteiger partial charge in [-0.15, -0.1) is 10.2 Å². The van der Waals surface area contributed by atoms with Crippen molar-refractivity contribution in [3.63, 3.8) is 0 Å². The molecule has 2 aromatic heterocycles. The topological polar surface area (TPSA) is 68.5 Å². The van der Waals surface area contributed by atoms with Crippen LogP contribution in [0.2, 0.25) is 10.4 Å². The van der Waals surface area contributed by atoms with E-state index in [0.717, 1.165) is 12.2 Å². The van der Waals surface area contributed by atoms with Gasteiger partial charge in [0, 0.05) is 32.4 Å². The number of hydrogen-bond donors (Lipinski definition) is 1. The number of anilines is 1. The van der Waals surface area contributed by atoms with Crippen LogP contribution < -0.4 is 5.32 Å². The number of halogens is 2. The SMILES string of the molecule is Cn1ccnc1CCNc1nc(Cl)nnc1Cl. The van der Waals surface area contributed by atoms with E-state index < -0.39 is 0 Å². The van der Waals surface area contributed by atoms with Crippen LogP contribution in [0, 0.1) is 0 Å². The lowest BCUT2D eigenvalue weighted by molar-refractivity contribution is 0.787. The molecule has 8 heteroatoms. The molecule has 0 aliphatic rings. The highest BCUT2D eigenvalue weighted by Crippen LogP contribution is 2.16. The number of aryl methyl sites for hydroxylation is 1. The van der Waals surface area contributed by atoms with Crippen molar-refractivity contribution in [1.29, 1.82) is 0 Å². The Bertz CT molecular complexity index is 512. The zero-order valence-corrected chi connectivity index (χ0v) is 10.6. The Hall–Kier alpha value is -1.40. The minimum atomic E-state index is 0.0638. The summed E-state index contributed by atoms with van der Waals surface area (Å²) in [7, 11) is 1.94. The van der Waals surface area contributed by atoms with E-state index >= 15 is 0 Å². The Morgan fingerprint density at radius 3 is 2.88 bits per heavy atom. The van der Waals surface area contributed by atoms with Crippen LogP contribution in [0.4, 0.5) is 5.82 Å². The highest BCUT2D eigenvalue weighted by molar-refractivity contribution is 6.32. The Morgan fingerprint density at radius 2 is 2.18 bits per heavy atom. The zero-order chi connectivity index (χ0) is 12.3. The summed E-state index contributed by atoms with van der Waals surface area (Å²) < 4.78 is 1.95. The number of hydrogen-bond acceptors (Lipinski definition) is 5. The Kier molecular flexibility index (Phi) is 3.75. The van der Waals surface area contributed by atoms with E-state index in [1.807, 2.05) is 17.8 Å². The van der Waals surface area contributed by atoms with Crippen LogP contribution >= 0.6 is 23.2 Å². The number of aromatic nitrogens is 5. The maximum absolute atomic E-state index is 5.81. The first-order chi connectivity index (χ1) is 8.16. The molecule has 2 aromatic rings. The van der Waals surface area contributed by atoms with Gasteiger partial charge in [-0.1, -0.05) is 11.6 Å². The third kappa shape index (κ3) is 3.04. The molecule has 90 valence electrons. The zero-order valence-electron chi connectivity index (χ0n) is 9.06. The molecule has 0 spiro atoms. The fourth-order valence-electron chi connectivity index (χ4n) is 1.34. The fourth-order valence-corrected chi connectivity index (χ4v) is 1.60. The summed E-state index contributed by atoms with van der Waals surface area (Å²) in [6, 6.07) is 0. The molecule has 0 atom stereocenters. The summed E-state index contributed by atoms with van der Waals surface area (Å²) in [5.74, 6) is 1.41. The molecular formula is C9H10Cl2N6. The van der Waals surface area contributed by atoms with E-state index in [9.17, 15) is 0 Å². The summed E-state index contributed by atoms with van der Waals surface area (Å²) >= 11 is 11.4. The normalized spacial score (nSPS) is 10.5. The third-order valence-corrected chi connectivity index (χ3v) is 2.60. The number of nitrogens with zero attached hydrogens (tertiary/aromatic N) is 5. The van der Waals surface area contributed by atoms with Gasteiger partial charge in [0.2, 0.25) is 5.28 Å². The van der Waals surface area contributed by atoms with Crippen LogP contribution in [0.1, 0.15) is 5.82 Å². The largest absolute Gasteiger partial charge is 0.367 e. The van der Waals surface area contributed by atoms with Crippen molar-refractivity contribution in [3.8, 4) is 0 Å². The molecule has 0 saturated carbocycles. The van der Waals surface area contributed by atoms with Crippen LogP contribution in [0.15, 0.2) is 12.4 Å². The molecule has 0 bridgehead atoms. The van der Waals surface area contributed by atoms with E-state index in [1.54, 1.807) is 6.20 Å². The van der Waals surface area contributed by atoms with Gasteiger partial charge in [0.1, 0.15) is 5.82 Å². The summed E-state index contributed by atoms with van der Waals surface area (Å²) in [5, 5.41) is 10.5. The molecule has 0 aromatic carbocycles. The number of rotatable bonds is 4. The van der Waals surface area contributed by atoms with Crippen molar-refractivity contribution in [2.45, 2.75) is 6.42 Å². The van der Waals surface area contributed by atoms with Crippen LogP contribution in [0.25, 0.3) is 0 Å². The van der Waals surface area contributed by atoms with Crippen molar-refractivity contribution in [3.05, 3.63) is 28.7 Å². The minimum absolute atomic E-state index is 0.0638. The van der Waals surface area contributed by atoms with Gasteiger partial charge < -0.3 is 9.88 Å². The van der Waals surface area contributed by atoms with Gasteiger partial charge in [-0.3, -0.25) is 0 Å². The molecule has 0 saturated heterocycles. The summed E-state index contributed by atoms with van der Waals surface area (Å²) in [5.41, 5.74) is 0. The van der Waals surface area contributed by atoms with Gasteiger partial charge in [0.05, 0.1) is 0 Å². The molecule has 0 radical (unpaired) electrons. The van der Waals surface area contributed by atoms with E-state index in [4.69, 9.17) is 23.2 Å². The van der Waals surface area contributed by atoms with Crippen LogP contribution in [0.5, 0.6) is 0 Å². The Balaban J connectivity index is 1.94. The van der Waals surface area contributed by atoms with Gasteiger partial charge in [0.15, 0.2) is 11.0 Å². The quantitative estimate of drug-likeness (QED) is 0.915. The maximum atomic E-state index is 5.81. The van der Waals surface area contributed by atoms with Crippen molar-refractivity contribution in [1.82, 2.24) is 24.7 Å². The van der Waals surface area contributed by atoms with Gasteiger partial charge in [-0.2, -0.15) is 4.98 Å². The lowest BCUT2D eigenvalue weighted by Crippen LogP contribution is -2.10. The molecule has 2 rings (SSSR count). The Labute approximate surface area is 108 Å². The van der Waals surface area contributed by atoms with Crippen molar-refractivity contribution >= 4 is 29.0 Å². The molecule has 6 nitrogen and oxygen atoms in total. The maximum Gasteiger partial charge on any atom is 0.245 e. The lowest BCUT2D eigenvalue weighted by Gasteiger charge is -2.06. The van der Waals surface area contributed by atoms with Crippen LogP contribution in [-0.4, -0.2) is 31.3 Å². The molecule has 0 aliphatic heterocycles. The van der Waals surface area contributed by atoms with Gasteiger partial charge in [0.25, 0.3) is 0 Å². The molecule has 0 aliphatic carbocycles. The summed E-state index contributed by atoms with van der Waals surface area (Å²) in [4.78, 5) is 8.14. The van der Waals surface area contributed by atoms with Crippen LogP contribution in [-0.2, 0) is 13.5 Å². The minimum Gasteiger partial charge on any atom is -0.367 e. The standard InChI is InChI=1S/C9H10Cl2N6/c1-17-5-4-12-6(17)2-3-13-8-7(10)15-16-9(11)14-8/h4-5H,2-3H2,1H3,(H,13,14,16). The highest BCUT2D eigenvalue weighted by atomic mass is 35.5. The van der Waals surface area contributed by atoms with E-state index in [0.29, 0.717) is 12.4 Å². The highest BCUT2D eigenvalue weighted by Gasteiger charge is 2.06. The summed E-state index contributed by atoms with van der Waals surface area (Å²) in [6.45, 7) is 0.638. The monoisotopic (exact) mass is 272 g/mol. The molecule has 2 heterocycles. The molecule has 1 N–H and O–H groups in total. The average Bonchev–Trinajstić information content (AvgIpc) is 2.70. The van der Waals surface area contributed by atoms with E-state index in [-0.39, 0.29) is 10.4 Å². The first-order valence-electron chi connectivity index (χ1n) is 4.92. The first kappa shape index (κ1) is 12.1. The third-order valence-electron chi connectivity index (χ3n) is 2.18. The lowest BCUT2D eigenvalue weighted by atomic mass is 10.4. The van der Waals surface area contributed by atoms with E-state index in [2.05, 4.69) is 25.5 Å². The molecule has 0 fully saturated rings. The van der Waals surface area contributed by atoms with Crippen molar-refractivity contribution in [2.75, 3.05) is 11.9 Å². The molecule has 17 heavy (non-hydrogen) atoms. The number of nitrogens with one attached hydrogen (secondary N) is 1. The Morgan fingerprint density at radius 1 is 1.35 bits per heavy atom. The second kappa shape index (κ2) is 5.29. The molecular weight excluding hydrogens is 263 g/mol. The predicted octanol–water partition coefficient (Wildman–Crippen LogP) is 1.57. The second-order valence-electron chi connectivity index (χ2n) is 3.35. The molecule has 0 unspecified atom stereocenters. The van der Waals surface area contributed by atoms with Gasteiger partial charge >= 0.3 is 0 Å². The van der Waals surface area contributed by atoms with Crippen molar-refractivity contribution < 1.29 is 0 Å². The smallest absolute Gasteiger partial charge is 0.245 e. The molecule has 0 amide bonds. The van der Waals surface area contributed by atoms with Crippen molar-refractivity contribution in [2.24, 2.45) is 7.05 Å². The first-order valence-corrected chi connectivity index (χ1v) is 5.68. The van der Waals surface area contributed by atoms with E-state index in [1.165, 1.54) is 0 Å². The fraction of sp³-hybridized carbons (Fsp3) is 0.333. The second-order valence-corrected chi connectivity index (χ2v) is 4.05. The summed E-state index contributed by atoms with van der Waals surface area (Å²) in [6.07, 6.45) is 4.40. The van der Waals surface area contributed by atoms with Crippen LogP contribution in [0.3, 0.4) is 0 Å². The predicted molar refractivity (Wildman–Crippen MR) is 65.2 cm³/mol. The van der Waals surface area contributed by atoms with Gasteiger partial charge in [-0.25, -0.2) is 4.98 Å². The average molecular weight is 273 g/mol. The van der Waals surface area contributed by atoms with Gasteiger partial charge in [-0.05, 0) is 11.6 Å².